The third-order valence-corrected chi connectivity index (χ3v) is 17.5. The monoisotopic (exact) mass is 1170 g/mol. The van der Waals surface area contributed by atoms with Crippen LogP contribution in [0.25, 0.3) is 55.0 Å². The van der Waals surface area contributed by atoms with Gasteiger partial charge in [-0.05, 0) is 164 Å². The first-order valence-electron chi connectivity index (χ1n) is 28.3. The fourth-order valence-electron chi connectivity index (χ4n) is 11.5. The van der Waals surface area contributed by atoms with Crippen LogP contribution in [0, 0.1) is 0 Å². The summed E-state index contributed by atoms with van der Waals surface area (Å²) in [5, 5.41) is 12.8. The van der Waals surface area contributed by atoms with E-state index in [1.165, 1.54) is 45.0 Å². The molecule has 14 rings (SSSR count). The third-order valence-electron chi connectivity index (χ3n) is 17.0. The lowest BCUT2D eigenvalue weighted by molar-refractivity contribution is -0.0893. The van der Waals surface area contributed by atoms with E-state index in [1.54, 1.807) is 39.5 Å². The number of rotatable bonds is 7. The molecule has 84 heavy (non-hydrogen) atoms. The van der Waals surface area contributed by atoms with Crippen molar-refractivity contribution in [3.8, 4) is 11.1 Å². The summed E-state index contributed by atoms with van der Waals surface area (Å²) in [4.78, 5) is 29.7. The van der Waals surface area contributed by atoms with Gasteiger partial charge in [0.1, 0.15) is 22.3 Å². The summed E-state index contributed by atoms with van der Waals surface area (Å²) in [5.41, 5.74) is 16.0. The van der Waals surface area contributed by atoms with E-state index in [4.69, 9.17) is 13.5 Å². The number of para-hydroxylation sites is 6. The third kappa shape index (κ3) is 10.1. The molecule has 0 unspecified atom stereocenters. The van der Waals surface area contributed by atoms with Crippen LogP contribution in [0.4, 0.5) is 34.1 Å². The zero-order chi connectivity index (χ0) is 58.7. The van der Waals surface area contributed by atoms with Crippen LogP contribution >= 0.6 is 15.9 Å². The average molecular weight is 1170 g/mol. The standard InChI is InChI=1S/C34H25NO2.C27H31BNO2.C13H7BrO2/c1-34(2)27-10-4-6-12-29(27)35(30-13-7-5-11-28(30)34)24-18-15-22(16-19-24)23-17-20-26-32(21-23)37-31-14-8-3-9-25(31)33(26)36;1-25(2)21-11-7-9-13-23(21)29(24-14-10-8-12-22(24)25)20-17-15-19(16-18-20)28-31-27(5,6)26(3,4)30;14-8-5-6-10-12(7-8)16-11-4-2-1-3-9(11)13(10)15/h3-21H,1-2H3;7-18,30H,1-6H3;1-7H. The minimum Gasteiger partial charge on any atom is -0.456 e. The van der Waals surface area contributed by atoms with Crippen molar-refractivity contribution in [2.24, 2.45) is 0 Å². The number of anilines is 6. The largest absolute Gasteiger partial charge is 0.456 e. The van der Waals surface area contributed by atoms with Crippen molar-refractivity contribution in [2.45, 2.75) is 77.4 Å². The molecule has 10 aromatic carbocycles. The predicted molar refractivity (Wildman–Crippen MR) is 350 cm³/mol. The number of hydrogen-bond acceptors (Lipinski definition) is 8. The van der Waals surface area contributed by atoms with Crippen LogP contribution in [0.1, 0.15) is 77.6 Å². The highest BCUT2D eigenvalue weighted by molar-refractivity contribution is 9.10. The van der Waals surface area contributed by atoms with E-state index in [9.17, 15) is 14.7 Å². The molecule has 0 saturated heterocycles. The van der Waals surface area contributed by atoms with Gasteiger partial charge in [0, 0.05) is 26.7 Å². The van der Waals surface area contributed by atoms with E-state index in [1.807, 2.05) is 80.6 Å². The Morgan fingerprint density at radius 1 is 0.429 bits per heavy atom. The van der Waals surface area contributed by atoms with Crippen LogP contribution < -0.4 is 26.1 Å². The molecular weight excluding hydrogens is 1100 g/mol. The van der Waals surface area contributed by atoms with Crippen molar-refractivity contribution >= 4 is 107 Å². The summed E-state index contributed by atoms with van der Waals surface area (Å²) in [6.45, 7) is 16.5. The maximum Gasteiger partial charge on any atom is 0.330 e. The Bertz CT molecular complexity index is 4500. The minimum absolute atomic E-state index is 0.00380. The molecular formula is C74H63BBrN2O6. The average Bonchev–Trinajstić information content (AvgIpc) is 1.92. The number of benzene rings is 10. The van der Waals surface area contributed by atoms with Gasteiger partial charge in [0.25, 0.3) is 0 Å². The summed E-state index contributed by atoms with van der Waals surface area (Å²) < 4.78 is 18.6. The highest BCUT2D eigenvalue weighted by atomic mass is 79.9. The highest BCUT2D eigenvalue weighted by Gasteiger charge is 2.39. The molecule has 2 aromatic heterocycles. The summed E-state index contributed by atoms with van der Waals surface area (Å²) in [5.74, 6) is 0. The van der Waals surface area contributed by atoms with E-state index in [-0.39, 0.29) is 21.7 Å². The SMILES string of the molecule is CC1(C)c2ccccc2N(c2ccc(-c3ccc4c(=O)c5ccccc5oc4c3)cc2)c2ccccc21.CC1(C)c2ccccc2N(c2ccc([B]OC(C)(C)C(C)(C)O)cc2)c2ccccc21.O=c1c2ccccc2oc2cc(Br)ccc12. The Hall–Kier alpha value is -8.80. The Morgan fingerprint density at radius 3 is 1.23 bits per heavy atom. The Kier molecular flexibility index (Phi) is 14.4. The van der Waals surface area contributed by atoms with Crippen molar-refractivity contribution in [3.63, 3.8) is 0 Å². The number of hydrogen-bond donors (Lipinski definition) is 1. The molecule has 0 fully saturated rings. The van der Waals surface area contributed by atoms with Gasteiger partial charge in [-0.2, -0.15) is 0 Å². The smallest absolute Gasteiger partial charge is 0.330 e. The van der Waals surface area contributed by atoms with Gasteiger partial charge in [0.2, 0.25) is 10.9 Å². The van der Waals surface area contributed by atoms with Gasteiger partial charge >= 0.3 is 7.48 Å². The van der Waals surface area contributed by atoms with Gasteiger partial charge in [-0.3, -0.25) is 9.59 Å². The molecule has 1 radical (unpaired) electrons. The van der Waals surface area contributed by atoms with Crippen LogP contribution in [0.5, 0.6) is 0 Å². The van der Waals surface area contributed by atoms with Crippen LogP contribution in [0.3, 0.4) is 0 Å². The van der Waals surface area contributed by atoms with Crippen molar-refractivity contribution in [1.29, 1.82) is 0 Å². The van der Waals surface area contributed by atoms with Gasteiger partial charge < -0.3 is 28.4 Å². The molecule has 1 N–H and O–H groups in total. The first-order valence-corrected chi connectivity index (χ1v) is 29.1. The molecule has 10 heteroatoms. The fraction of sp³-hybridized carbons (Fsp3) is 0.162. The maximum absolute atomic E-state index is 12.9. The minimum atomic E-state index is -0.947. The number of halogens is 1. The van der Waals surface area contributed by atoms with Crippen molar-refractivity contribution in [1.82, 2.24) is 0 Å². The predicted octanol–water partition coefficient (Wildman–Crippen LogP) is 18.0. The second-order valence-corrected chi connectivity index (χ2v) is 24.6. The lowest BCUT2D eigenvalue weighted by Gasteiger charge is -2.42. The molecule has 4 heterocycles. The van der Waals surface area contributed by atoms with E-state index >= 15 is 0 Å². The molecule has 0 spiro atoms. The van der Waals surface area contributed by atoms with E-state index < -0.39 is 11.2 Å². The zero-order valence-corrected chi connectivity index (χ0v) is 49.9. The summed E-state index contributed by atoms with van der Waals surface area (Å²) in [7, 11) is 1.73. The van der Waals surface area contributed by atoms with Crippen LogP contribution in [0.2, 0.25) is 0 Å². The van der Waals surface area contributed by atoms with Crippen molar-refractivity contribution in [2.75, 3.05) is 9.80 Å². The zero-order valence-electron chi connectivity index (χ0n) is 48.3. The molecule has 0 saturated carbocycles. The molecule has 2 aliphatic heterocycles. The van der Waals surface area contributed by atoms with E-state index in [2.05, 4.69) is 199 Å². The molecule has 2 aliphatic rings. The first-order chi connectivity index (χ1) is 40.3. The number of nitrogens with zero attached hydrogens (tertiary/aromatic N) is 2. The van der Waals surface area contributed by atoms with Crippen LogP contribution in [0.15, 0.2) is 253 Å². The molecule has 0 atom stereocenters. The van der Waals surface area contributed by atoms with Crippen LogP contribution in [-0.4, -0.2) is 23.8 Å². The maximum atomic E-state index is 12.9. The second-order valence-electron chi connectivity index (χ2n) is 23.6. The lowest BCUT2D eigenvalue weighted by Crippen LogP contribution is -2.49. The Balaban J connectivity index is 0.000000133. The first kappa shape index (κ1) is 55.7. The van der Waals surface area contributed by atoms with Crippen molar-refractivity contribution in [3.05, 3.63) is 278 Å². The van der Waals surface area contributed by atoms with Crippen LogP contribution in [-0.2, 0) is 15.5 Å². The summed E-state index contributed by atoms with van der Waals surface area (Å²) >= 11 is 3.36. The lowest BCUT2D eigenvalue weighted by atomic mass is 9.73. The molecule has 8 nitrogen and oxygen atoms in total. The van der Waals surface area contributed by atoms with E-state index in [0.717, 1.165) is 32.4 Å². The molecule has 12 aromatic rings. The van der Waals surface area contributed by atoms with Gasteiger partial charge in [-0.15, -0.1) is 0 Å². The number of fused-ring (bicyclic) bond motifs is 8. The quantitative estimate of drug-likeness (QED) is 0.125. The molecule has 0 bridgehead atoms. The second kappa shape index (κ2) is 21.8. The highest BCUT2D eigenvalue weighted by Crippen LogP contribution is 2.53. The Labute approximate surface area is 498 Å². The molecule has 0 amide bonds. The summed E-state index contributed by atoms with van der Waals surface area (Å²) in [6.07, 6.45) is 0. The Morgan fingerprint density at radius 2 is 0.786 bits per heavy atom. The molecule has 0 aliphatic carbocycles. The van der Waals surface area contributed by atoms with Gasteiger partial charge in [-0.25, -0.2) is 0 Å². The molecule has 415 valence electrons. The van der Waals surface area contributed by atoms with Gasteiger partial charge in [-0.1, -0.05) is 176 Å². The fourth-order valence-corrected chi connectivity index (χ4v) is 11.9. The normalized spacial score (nSPS) is 13.9. The van der Waals surface area contributed by atoms with Gasteiger partial charge in [0.05, 0.1) is 55.5 Å². The van der Waals surface area contributed by atoms with E-state index in [0.29, 0.717) is 43.9 Å². The summed E-state index contributed by atoms with van der Waals surface area (Å²) in [6, 6.07) is 77.5. The topological polar surface area (TPSA) is 96.4 Å². The van der Waals surface area contributed by atoms with Gasteiger partial charge in [0.15, 0.2) is 0 Å². The number of aliphatic hydroxyl groups is 1. The van der Waals surface area contributed by atoms with Crippen molar-refractivity contribution < 1.29 is 18.6 Å².